The number of carbonyl (C=O) groups excluding carboxylic acids is 3. The van der Waals surface area contributed by atoms with Gasteiger partial charge in [-0.2, -0.15) is 0 Å². The van der Waals surface area contributed by atoms with Crippen molar-refractivity contribution in [3.8, 4) is 0 Å². The minimum absolute atomic E-state index is 0.0869. The summed E-state index contributed by atoms with van der Waals surface area (Å²) in [7, 11) is 0. The molecule has 0 spiro atoms. The van der Waals surface area contributed by atoms with Crippen LogP contribution in [0.5, 0.6) is 0 Å². The van der Waals surface area contributed by atoms with Crippen LogP contribution in [-0.4, -0.2) is 37.2 Å². The van der Waals surface area contributed by atoms with Crippen molar-refractivity contribution in [2.45, 2.75) is 322 Å². The molecule has 0 radical (unpaired) electrons. The molecule has 1 atom stereocenters. The van der Waals surface area contributed by atoms with Gasteiger partial charge in [-0.1, -0.05) is 288 Å². The smallest absolute Gasteiger partial charge is 0.306 e. The van der Waals surface area contributed by atoms with Gasteiger partial charge in [0.15, 0.2) is 6.10 Å². The van der Waals surface area contributed by atoms with Crippen molar-refractivity contribution in [1.29, 1.82) is 0 Å². The average molecular weight is 968 g/mol. The summed E-state index contributed by atoms with van der Waals surface area (Å²) in [5.41, 5.74) is 0. The summed E-state index contributed by atoms with van der Waals surface area (Å²) in [4.78, 5) is 37.8. The zero-order valence-electron chi connectivity index (χ0n) is 46.1. The van der Waals surface area contributed by atoms with Crippen molar-refractivity contribution < 1.29 is 28.6 Å². The molecule has 402 valence electrons. The molecule has 0 amide bonds. The van der Waals surface area contributed by atoms with E-state index in [1.165, 1.54) is 193 Å². The second-order valence-corrected chi connectivity index (χ2v) is 20.2. The van der Waals surface area contributed by atoms with Crippen molar-refractivity contribution in [3.63, 3.8) is 0 Å². The Morgan fingerprint density at radius 1 is 0.304 bits per heavy atom. The number of esters is 3. The SMILES string of the molecule is CC/C=C\C/C=C\C/C=C\C/C=C\CCCCC(=O)OC(COC(=O)CCCCCCCC)COC(=O)CCCCCCCCCCCCCCCCCCCCCCCCCCCCCCCC. The highest BCUT2D eigenvalue weighted by atomic mass is 16.6. The average Bonchev–Trinajstić information content (AvgIpc) is 3.35. The van der Waals surface area contributed by atoms with E-state index in [-0.39, 0.29) is 37.5 Å². The van der Waals surface area contributed by atoms with Gasteiger partial charge in [0.1, 0.15) is 13.2 Å². The van der Waals surface area contributed by atoms with E-state index >= 15 is 0 Å². The molecule has 0 aromatic rings. The molecule has 0 saturated heterocycles. The summed E-state index contributed by atoms with van der Waals surface area (Å²) in [6, 6.07) is 0. The van der Waals surface area contributed by atoms with Gasteiger partial charge in [-0.05, 0) is 57.8 Å². The van der Waals surface area contributed by atoms with Gasteiger partial charge < -0.3 is 14.2 Å². The number of allylic oxidation sites excluding steroid dienone is 8. The van der Waals surface area contributed by atoms with E-state index < -0.39 is 6.10 Å². The van der Waals surface area contributed by atoms with E-state index in [1.54, 1.807) is 0 Å². The number of hydrogen-bond donors (Lipinski definition) is 0. The molecule has 0 saturated carbocycles. The van der Waals surface area contributed by atoms with Crippen LogP contribution in [-0.2, 0) is 28.6 Å². The molecule has 0 aliphatic heterocycles. The fourth-order valence-electron chi connectivity index (χ4n) is 8.85. The van der Waals surface area contributed by atoms with Crippen LogP contribution in [0, 0.1) is 0 Å². The maximum atomic E-state index is 12.7. The molecule has 0 bridgehead atoms. The summed E-state index contributed by atoms with van der Waals surface area (Å²) in [5.74, 6) is -0.927. The molecule has 1 unspecified atom stereocenters. The van der Waals surface area contributed by atoms with Gasteiger partial charge in [-0.15, -0.1) is 0 Å². The standard InChI is InChI=1S/C63H114O6/c1-4-7-10-13-16-18-20-22-24-25-26-27-28-29-30-31-32-33-34-35-36-37-38-40-41-43-45-47-50-53-56-62(65)68-59-60(58-67-61(64)55-52-49-15-12-9-6-3)69-63(66)57-54-51-48-46-44-42-39-23-21-19-17-14-11-8-5-2/h8,11,17,19,23,39,44,46,60H,4-7,9-10,12-16,18,20-22,24-38,40-43,45,47-59H2,1-3H3/b11-8-,19-17-,39-23-,46-44-. The monoisotopic (exact) mass is 967 g/mol. The Morgan fingerprint density at radius 2 is 0.565 bits per heavy atom. The Bertz CT molecular complexity index is 1200. The first-order chi connectivity index (χ1) is 34.0. The van der Waals surface area contributed by atoms with Crippen molar-refractivity contribution in [2.24, 2.45) is 0 Å². The minimum Gasteiger partial charge on any atom is -0.462 e. The van der Waals surface area contributed by atoms with E-state index in [2.05, 4.69) is 69.4 Å². The highest BCUT2D eigenvalue weighted by Crippen LogP contribution is 2.18. The zero-order valence-corrected chi connectivity index (χ0v) is 46.1. The quantitative estimate of drug-likeness (QED) is 0.0262. The minimum atomic E-state index is -0.789. The third-order valence-corrected chi connectivity index (χ3v) is 13.3. The van der Waals surface area contributed by atoms with Gasteiger partial charge in [0, 0.05) is 19.3 Å². The third kappa shape index (κ3) is 56.2. The van der Waals surface area contributed by atoms with E-state index in [9.17, 15) is 14.4 Å². The molecule has 0 heterocycles. The van der Waals surface area contributed by atoms with Gasteiger partial charge >= 0.3 is 17.9 Å². The molecule has 0 fully saturated rings. The number of unbranched alkanes of at least 4 members (excludes halogenated alkanes) is 36. The first-order valence-corrected chi connectivity index (χ1v) is 30.1. The second kappa shape index (κ2) is 57.9. The van der Waals surface area contributed by atoms with Crippen LogP contribution in [0.3, 0.4) is 0 Å². The van der Waals surface area contributed by atoms with Crippen LogP contribution >= 0.6 is 0 Å². The number of hydrogen-bond acceptors (Lipinski definition) is 6. The number of rotatable bonds is 55. The highest BCUT2D eigenvalue weighted by Gasteiger charge is 2.19. The van der Waals surface area contributed by atoms with Crippen molar-refractivity contribution in [2.75, 3.05) is 13.2 Å². The lowest BCUT2D eigenvalue weighted by molar-refractivity contribution is -0.167. The fraction of sp³-hybridized carbons (Fsp3) is 0.825. The van der Waals surface area contributed by atoms with Gasteiger partial charge in [0.05, 0.1) is 0 Å². The van der Waals surface area contributed by atoms with Crippen LogP contribution in [0.25, 0.3) is 0 Å². The van der Waals surface area contributed by atoms with Crippen molar-refractivity contribution in [1.82, 2.24) is 0 Å². The summed E-state index contributed by atoms with van der Waals surface area (Å²) in [5, 5.41) is 0. The molecule has 0 rings (SSSR count). The van der Waals surface area contributed by atoms with Crippen LogP contribution in [0.4, 0.5) is 0 Å². The molecular weight excluding hydrogens is 853 g/mol. The maximum absolute atomic E-state index is 12.7. The summed E-state index contributed by atoms with van der Waals surface area (Å²) in [6.07, 6.45) is 71.8. The summed E-state index contributed by atoms with van der Waals surface area (Å²) >= 11 is 0. The topological polar surface area (TPSA) is 78.9 Å². The Labute approximate surface area is 428 Å². The fourth-order valence-corrected chi connectivity index (χ4v) is 8.85. The van der Waals surface area contributed by atoms with Crippen LogP contribution in [0.15, 0.2) is 48.6 Å². The Balaban J connectivity index is 3.99. The normalized spacial score (nSPS) is 12.3. The van der Waals surface area contributed by atoms with Crippen molar-refractivity contribution in [3.05, 3.63) is 48.6 Å². The largest absolute Gasteiger partial charge is 0.462 e. The lowest BCUT2D eigenvalue weighted by Crippen LogP contribution is -2.30. The predicted molar refractivity (Wildman–Crippen MR) is 298 cm³/mol. The molecule has 0 N–H and O–H groups in total. The molecule has 0 aliphatic rings. The molecule has 0 aromatic heterocycles. The Kier molecular flexibility index (Phi) is 55.7. The van der Waals surface area contributed by atoms with Gasteiger partial charge in [-0.3, -0.25) is 14.4 Å². The van der Waals surface area contributed by atoms with E-state index in [1.807, 2.05) is 0 Å². The first kappa shape index (κ1) is 66.4. The zero-order chi connectivity index (χ0) is 50.0. The molecule has 6 nitrogen and oxygen atoms in total. The highest BCUT2D eigenvalue weighted by molar-refractivity contribution is 5.71. The van der Waals surface area contributed by atoms with Gasteiger partial charge in [0.25, 0.3) is 0 Å². The first-order valence-electron chi connectivity index (χ1n) is 30.1. The molecule has 6 heteroatoms. The molecular formula is C63H114O6. The van der Waals surface area contributed by atoms with E-state index in [4.69, 9.17) is 14.2 Å². The third-order valence-electron chi connectivity index (χ3n) is 13.3. The Hall–Kier alpha value is -2.63. The Morgan fingerprint density at radius 3 is 0.884 bits per heavy atom. The van der Waals surface area contributed by atoms with Gasteiger partial charge in [-0.25, -0.2) is 0 Å². The molecule has 0 aliphatic carbocycles. The number of carbonyl (C=O) groups is 3. The van der Waals surface area contributed by atoms with E-state index in [0.717, 1.165) is 77.0 Å². The number of ether oxygens (including phenoxy) is 3. The second-order valence-electron chi connectivity index (χ2n) is 20.2. The predicted octanol–water partition coefficient (Wildman–Crippen LogP) is 20.2. The lowest BCUT2D eigenvalue weighted by atomic mass is 10.0. The van der Waals surface area contributed by atoms with Crippen LogP contribution in [0.1, 0.15) is 316 Å². The van der Waals surface area contributed by atoms with Crippen molar-refractivity contribution >= 4 is 17.9 Å². The van der Waals surface area contributed by atoms with E-state index in [0.29, 0.717) is 19.3 Å². The van der Waals surface area contributed by atoms with Crippen LogP contribution < -0.4 is 0 Å². The molecule has 0 aromatic carbocycles. The lowest BCUT2D eigenvalue weighted by Gasteiger charge is -2.18. The molecule has 69 heavy (non-hydrogen) atoms. The maximum Gasteiger partial charge on any atom is 0.306 e. The van der Waals surface area contributed by atoms with Crippen LogP contribution in [0.2, 0.25) is 0 Å². The summed E-state index contributed by atoms with van der Waals surface area (Å²) in [6.45, 7) is 6.46. The van der Waals surface area contributed by atoms with Gasteiger partial charge in [0.2, 0.25) is 0 Å². The summed E-state index contributed by atoms with van der Waals surface area (Å²) < 4.78 is 16.7.